The normalized spacial score (nSPS) is 23.8. The Balaban J connectivity index is 1.96. The third-order valence-corrected chi connectivity index (χ3v) is 3.61. The van der Waals surface area contributed by atoms with Gasteiger partial charge in [-0.05, 0) is 12.8 Å². The first-order valence-corrected chi connectivity index (χ1v) is 7.04. The van der Waals surface area contributed by atoms with Crippen molar-refractivity contribution in [3.05, 3.63) is 5.89 Å². The maximum atomic E-state index is 10.0. The van der Waals surface area contributed by atoms with Crippen LogP contribution in [0.25, 0.3) is 0 Å². The molecule has 1 aliphatic rings. The monoisotopic (exact) mass is 268 g/mol. The molecule has 0 saturated heterocycles. The Bertz CT molecular complexity index is 394. The van der Waals surface area contributed by atoms with E-state index in [9.17, 15) is 5.11 Å². The standard InChI is InChI=1S/C13H24N4O2/c1-9(2)14-8-12-15-16-13(19-12)17(3)10-6-4-5-7-11(10)18/h9-11,14,18H,4-8H2,1-3H3. The fourth-order valence-electron chi connectivity index (χ4n) is 2.44. The van der Waals surface area contributed by atoms with E-state index in [0.29, 0.717) is 24.5 Å². The number of aromatic nitrogens is 2. The molecular formula is C13H24N4O2. The maximum absolute atomic E-state index is 10.0. The van der Waals surface area contributed by atoms with Gasteiger partial charge in [-0.25, -0.2) is 0 Å². The Hall–Kier alpha value is -1.14. The summed E-state index contributed by atoms with van der Waals surface area (Å²) in [5.74, 6) is 0.584. The lowest BCUT2D eigenvalue weighted by molar-refractivity contribution is 0.104. The van der Waals surface area contributed by atoms with Gasteiger partial charge >= 0.3 is 6.01 Å². The van der Waals surface area contributed by atoms with Crippen molar-refractivity contribution >= 4 is 6.01 Å². The number of hydrogen-bond acceptors (Lipinski definition) is 6. The molecule has 0 spiro atoms. The van der Waals surface area contributed by atoms with Gasteiger partial charge in [-0.3, -0.25) is 0 Å². The summed E-state index contributed by atoms with van der Waals surface area (Å²) in [4.78, 5) is 1.91. The van der Waals surface area contributed by atoms with Gasteiger partial charge in [0.15, 0.2) is 0 Å². The predicted octanol–water partition coefficient (Wildman–Crippen LogP) is 1.31. The molecular weight excluding hydrogens is 244 g/mol. The Morgan fingerprint density at radius 2 is 2.11 bits per heavy atom. The summed E-state index contributed by atoms with van der Waals surface area (Å²) in [5.41, 5.74) is 0. The molecule has 1 saturated carbocycles. The van der Waals surface area contributed by atoms with E-state index in [2.05, 4.69) is 29.4 Å². The van der Waals surface area contributed by atoms with Crippen LogP contribution in [0.5, 0.6) is 0 Å². The van der Waals surface area contributed by atoms with Gasteiger partial charge in [0.25, 0.3) is 0 Å². The van der Waals surface area contributed by atoms with Gasteiger partial charge in [-0.15, -0.1) is 5.10 Å². The number of nitrogens with one attached hydrogen (secondary N) is 1. The van der Waals surface area contributed by atoms with Crippen molar-refractivity contribution in [3.8, 4) is 0 Å². The Kier molecular flexibility index (Phi) is 4.76. The second kappa shape index (κ2) is 6.34. The maximum Gasteiger partial charge on any atom is 0.318 e. The smallest absolute Gasteiger partial charge is 0.318 e. The van der Waals surface area contributed by atoms with Gasteiger partial charge in [0.1, 0.15) is 0 Å². The topological polar surface area (TPSA) is 74.4 Å². The number of anilines is 1. The van der Waals surface area contributed by atoms with Crippen molar-refractivity contribution in [2.75, 3.05) is 11.9 Å². The van der Waals surface area contributed by atoms with E-state index >= 15 is 0 Å². The van der Waals surface area contributed by atoms with Crippen molar-refractivity contribution < 1.29 is 9.52 Å². The number of likely N-dealkylation sites (N-methyl/N-ethyl adjacent to an activating group) is 1. The molecule has 1 fully saturated rings. The number of hydrogen-bond donors (Lipinski definition) is 2. The van der Waals surface area contributed by atoms with Crippen molar-refractivity contribution in [2.45, 2.75) is 64.3 Å². The molecule has 2 rings (SSSR count). The average Bonchev–Trinajstić information content (AvgIpc) is 2.85. The molecule has 0 aliphatic heterocycles. The minimum Gasteiger partial charge on any atom is -0.407 e. The predicted molar refractivity (Wildman–Crippen MR) is 72.9 cm³/mol. The molecule has 6 nitrogen and oxygen atoms in total. The van der Waals surface area contributed by atoms with E-state index in [1.54, 1.807) is 0 Å². The summed E-state index contributed by atoms with van der Waals surface area (Å²) in [6.07, 6.45) is 3.76. The van der Waals surface area contributed by atoms with Crippen molar-refractivity contribution in [2.24, 2.45) is 0 Å². The highest BCUT2D eigenvalue weighted by atomic mass is 16.4. The van der Waals surface area contributed by atoms with E-state index in [-0.39, 0.29) is 12.1 Å². The lowest BCUT2D eigenvalue weighted by Gasteiger charge is -2.33. The highest BCUT2D eigenvalue weighted by Crippen LogP contribution is 2.25. The fourth-order valence-corrected chi connectivity index (χ4v) is 2.44. The van der Waals surface area contributed by atoms with Crippen LogP contribution in [-0.2, 0) is 6.54 Å². The summed E-state index contributed by atoms with van der Waals surface area (Å²) >= 11 is 0. The minimum atomic E-state index is -0.303. The quantitative estimate of drug-likeness (QED) is 0.838. The van der Waals surface area contributed by atoms with Crippen LogP contribution in [0, 0.1) is 0 Å². The molecule has 2 unspecified atom stereocenters. The Labute approximate surface area is 114 Å². The molecule has 0 amide bonds. The van der Waals surface area contributed by atoms with Crippen molar-refractivity contribution in [1.82, 2.24) is 15.5 Å². The summed E-state index contributed by atoms with van der Waals surface area (Å²) in [6, 6.07) is 0.958. The van der Waals surface area contributed by atoms with Gasteiger partial charge in [0.2, 0.25) is 5.89 Å². The highest BCUT2D eigenvalue weighted by Gasteiger charge is 2.29. The van der Waals surface area contributed by atoms with Gasteiger partial charge in [-0.2, -0.15) is 0 Å². The van der Waals surface area contributed by atoms with Gasteiger partial charge in [0, 0.05) is 13.1 Å². The SMILES string of the molecule is CC(C)NCc1nnc(N(C)C2CCCCC2O)o1. The van der Waals surface area contributed by atoms with Gasteiger partial charge < -0.3 is 19.7 Å². The van der Waals surface area contributed by atoms with E-state index in [4.69, 9.17) is 4.42 Å². The first-order valence-electron chi connectivity index (χ1n) is 7.04. The van der Waals surface area contributed by atoms with Crippen LogP contribution in [0.3, 0.4) is 0 Å². The van der Waals surface area contributed by atoms with E-state index < -0.39 is 0 Å². The van der Waals surface area contributed by atoms with Crippen LogP contribution in [0.1, 0.15) is 45.4 Å². The Morgan fingerprint density at radius 1 is 1.37 bits per heavy atom. The largest absolute Gasteiger partial charge is 0.407 e. The summed E-state index contributed by atoms with van der Waals surface area (Å²) < 4.78 is 5.63. The molecule has 108 valence electrons. The number of rotatable bonds is 5. The number of aliphatic hydroxyl groups excluding tert-OH is 1. The van der Waals surface area contributed by atoms with Gasteiger partial charge in [-0.1, -0.05) is 31.8 Å². The lowest BCUT2D eigenvalue weighted by atomic mass is 9.92. The molecule has 1 heterocycles. The molecule has 6 heteroatoms. The summed E-state index contributed by atoms with van der Waals surface area (Å²) in [5, 5.41) is 21.4. The molecule has 2 atom stereocenters. The van der Waals surface area contributed by atoms with Crippen LogP contribution >= 0.6 is 0 Å². The molecule has 19 heavy (non-hydrogen) atoms. The number of nitrogens with zero attached hydrogens (tertiary/aromatic N) is 3. The Morgan fingerprint density at radius 3 is 2.79 bits per heavy atom. The van der Waals surface area contributed by atoms with Gasteiger partial charge in [0.05, 0.1) is 18.7 Å². The molecule has 1 aromatic heterocycles. The number of aliphatic hydroxyl groups is 1. The molecule has 0 radical (unpaired) electrons. The van der Waals surface area contributed by atoms with Crippen LogP contribution in [0.15, 0.2) is 4.42 Å². The summed E-state index contributed by atoms with van der Waals surface area (Å²) in [6.45, 7) is 4.72. The van der Waals surface area contributed by atoms with E-state index in [1.807, 2.05) is 11.9 Å². The first-order chi connectivity index (χ1) is 9.08. The second-order valence-corrected chi connectivity index (χ2v) is 5.54. The molecule has 0 bridgehead atoms. The zero-order valence-corrected chi connectivity index (χ0v) is 12.0. The third kappa shape index (κ3) is 3.67. The van der Waals surface area contributed by atoms with E-state index in [1.165, 1.54) is 0 Å². The van der Waals surface area contributed by atoms with Crippen LogP contribution in [-0.4, -0.2) is 40.5 Å². The zero-order chi connectivity index (χ0) is 13.8. The average molecular weight is 268 g/mol. The van der Waals surface area contributed by atoms with Crippen LogP contribution < -0.4 is 10.2 Å². The fraction of sp³-hybridized carbons (Fsp3) is 0.846. The molecule has 0 aromatic carbocycles. The van der Waals surface area contributed by atoms with Crippen LogP contribution in [0.2, 0.25) is 0 Å². The third-order valence-electron chi connectivity index (χ3n) is 3.61. The first kappa shape index (κ1) is 14.3. The minimum absolute atomic E-state index is 0.0834. The molecule has 2 N–H and O–H groups in total. The second-order valence-electron chi connectivity index (χ2n) is 5.54. The highest BCUT2D eigenvalue weighted by molar-refractivity contribution is 5.25. The van der Waals surface area contributed by atoms with Crippen LogP contribution in [0.4, 0.5) is 6.01 Å². The van der Waals surface area contributed by atoms with Crippen molar-refractivity contribution in [1.29, 1.82) is 0 Å². The lowest BCUT2D eigenvalue weighted by Crippen LogP contribution is -2.43. The molecule has 1 aromatic rings. The van der Waals surface area contributed by atoms with E-state index in [0.717, 1.165) is 25.7 Å². The molecule has 1 aliphatic carbocycles. The van der Waals surface area contributed by atoms with Crippen molar-refractivity contribution in [3.63, 3.8) is 0 Å². The summed E-state index contributed by atoms with van der Waals surface area (Å²) in [7, 11) is 1.91. The zero-order valence-electron chi connectivity index (χ0n) is 12.0.